The molecular weight excluding hydrogens is 404 g/mol. The second-order valence-corrected chi connectivity index (χ2v) is 10.8. The van der Waals surface area contributed by atoms with Crippen LogP contribution < -0.4 is 5.32 Å². The Kier molecular flexibility index (Phi) is 10.3. The van der Waals surface area contributed by atoms with Crippen molar-refractivity contribution in [2.75, 3.05) is 65.3 Å². The van der Waals surface area contributed by atoms with Gasteiger partial charge in [0.2, 0.25) is 10.0 Å². The van der Waals surface area contributed by atoms with Crippen molar-refractivity contribution >= 4 is 16.0 Å². The van der Waals surface area contributed by atoms with E-state index in [2.05, 4.69) is 15.2 Å². The zero-order valence-corrected chi connectivity index (χ0v) is 20.2. The lowest BCUT2D eigenvalue weighted by atomic mass is 9.83. The number of ether oxygens (including phenoxy) is 2. The summed E-state index contributed by atoms with van der Waals surface area (Å²) in [4.78, 5) is 6.64. The maximum atomic E-state index is 12.5. The maximum absolute atomic E-state index is 12.5. The Morgan fingerprint density at radius 2 is 1.80 bits per heavy atom. The fourth-order valence-electron chi connectivity index (χ4n) is 4.37. The summed E-state index contributed by atoms with van der Waals surface area (Å²) in [6, 6.07) is 0. The molecule has 30 heavy (non-hydrogen) atoms. The summed E-state index contributed by atoms with van der Waals surface area (Å²) < 4.78 is 37.7. The van der Waals surface area contributed by atoms with E-state index in [1.165, 1.54) is 25.7 Å². The van der Waals surface area contributed by atoms with Crippen LogP contribution in [0.25, 0.3) is 0 Å². The Balaban J connectivity index is 1.83. The van der Waals surface area contributed by atoms with Crippen molar-refractivity contribution in [2.45, 2.75) is 59.0 Å². The van der Waals surface area contributed by atoms with Crippen molar-refractivity contribution in [1.82, 2.24) is 14.5 Å². The van der Waals surface area contributed by atoms with Gasteiger partial charge in [0.1, 0.15) is 0 Å². The van der Waals surface area contributed by atoms with Crippen molar-refractivity contribution < 1.29 is 17.9 Å². The minimum Gasteiger partial charge on any atom is -0.382 e. The Labute approximate surface area is 183 Å². The van der Waals surface area contributed by atoms with E-state index in [4.69, 9.17) is 9.47 Å². The van der Waals surface area contributed by atoms with Crippen molar-refractivity contribution in [2.24, 2.45) is 10.4 Å². The number of guanidine groups is 1. The smallest absolute Gasteiger partial charge is 0.216 e. The Hall–Kier alpha value is -0.900. The lowest BCUT2D eigenvalue weighted by Gasteiger charge is -2.37. The van der Waals surface area contributed by atoms with Gasteiger partial charge in [0.15, 0.2) is 5.96 Å². The van der Waals surface area contributed by atoms with Gasteiger partial charge in [0.05, 0.1) is 18.5 Å². The van der Waals surface area contributed by atoms with Gasteiger partial charge in [0, 0.05) is 53.0 Å². The number of piperazine rings is 1. The molecule has 0 aromatic carbocycles. The number of hydrogen-bond donors (Lipinski definition) is 1. The van der Waals surface area contributed by atoms with Crippen LogP contribution >= 0.6 is 0 Å². The highest BCUT2D eigenvalue weighted by molar-refractivity contribution is 7.89. The topological polar surface area (TPSA) is 83.5 Å². The van der Waals surface area contributed by atoms with E-state index in [1.807, 2.05) is 20.8 Å². The molecule has 176 valence electrons. The number of aliphatic imine (C=N–C) groups is 1. The molecule has 1 N–H and O–H groups in total. The second kappa shape index (κ2) is 12.2. The van der Waals surface area contributed by atoms with E-state index < -0.39 is 10.0 Å². The molecule has 2 aliphatic rings. The van der Waals surface area contributed by atoms with E-state index in [1.54, 1.807) is 11.4 Å². The standard InChI is InChI=1S/C21H42N4O4S/c1-5-28-15-10-21(8-6-7-9-21)18-23-20(22-4)24-11-13-25(14-12-24)30(26,27)17-16-29-19(2)3/h19H,5-18H2,1-4H3,(H,22,23). The van der Waals surface area contributed by atoms with E-state index in [9.17, 15) is 8.42 Å². The van der Waals surface area contributed by atoms with Crippen LogP contribution in [0.2, 0.25) is 0 Å². The molecule has 1 aliphatic carbocycles. The zero-order chi connectivity index (χ0) is 22.0. The molecule has 0 atom stereocenters. The first-order valence-corrected chi connectivity index (χ1v) is 13.1. The monoisotopic (exact) mass is 446 g/mol. The summed E-state index contributed by atoms with van der Waals surface area (Å²) in [6.45, 7) is 10.9. The molecule has 0 unspecified atom stereocenters. The fraction of sp³-hybridized carbons (Fsp3) is 0.952. The van der Waals surface area contributed by atoms with E-state index >= 15 is 0 Å². The van der Waals surface area contributed by atoms with Crippen LogP contribution in [-0.2, 0) is 19.5 Å². The highest BCUT2D eigenvalue weighted by Crippen LogP contribution is 2.40. The van der Waals surface area contributed by atoms with Crippen LogP contribution in [0.1, 0.15) is 52.9 Å². The molecule has 1 aliphatic heterocycles. The number of nitrogens with zero attached hydrogens (tertiary/aromatic N) is 3. The quantitative estimate of drug-likeness (QED) is 0.297. The van der Waals surface area contributed by atoms with Crippen molar-refractivity contribution in [3.8, 4) is 0 Å². The van der Waals surface area contributed by atoms with Crippen molar-refractivity contribution in [1.29, 1.82) is 0 Å². The number of hydrogen-bond acceptors (Lipinski definition) is 5. The molecule has 0 bridgehead atoms. The summed E-state index contributed by atoms with van der Waals surface area (Å²) in [5, 5.41) is 3.58. The minimum atomic E-state index is -3.28. The van der Waals surface area contributed by atoms with E-state index in [0.717, 1.165) is 32.1 Å². The predicted molar refractivity (Wildman–Crippen MR) is 121 cm³/mol. The van der Waals surface area contributed by atoms with Crippen LogP contribution in [0.5, 0.6) is 0 Å². The third kappa shape index (κ3) is 7.66. The lowest BCUT2D eigenvalue weighted by Crippen LogP contribution is -2.55. The van der Waals surface area contributed by atoms with Gasteiger partial charge >= 0.3 is 0 Å². The molecule has 1 saturated carbocycles. The molecule has 1 heterocycles. The van der Waals surface area contributed by atoms with Crippen LogP contribution in [0, 0.1) is 5.41 Å². The van der Waals surface area contributed by atoms with Gasteiger partial charge in [0.25, 0.3) is 0 Å². The van der Waals surface area contributed by atoms with Gasteiger partial charge in [-0.3, -0.25) is 4.99 Å². The molecule has 0 aromatic rings. The average molecular weight is 447 g/mol. The highest BCUT2D eigenvalue weighted by atomic mass is 32.2. The van der Waals surface area contributed by atoms with Gasteiger partial charge in [-0.2, -0.15) is 4.31 Å². The summed E-state index contributed by atoms with van der Waals surface area (Å²) in [5.74, 6) is 0.915. The molecular formula is C21H42N4O4S. The Morgan fingerprint density at radius 1 is 1.13 bits per heavy atom. The van der Waals surface area contributed by atoms with Crippen molar-refractivity contribution in [3.63, 3.8) is 0 Å². The molecule has 0 aromatic heterocycles. The molecule has 0 spiro atoms. The van der Waals surface area contributed by atoms with Gasteiger partial charge in [-0.15, -0.1) is 0 Å². The molecule has 0 radical (unpaired) electrons. The lowest BCUT2D eigenvalue weighted by molar-refractivity contribution is 0.0904. The molecule has 2 rings (SSSR count). The highest BCUT2D eigenvalue weighted by Gasteiger charge is 2.34. The molecule has 2 fully saturated rings. The van der Waals surface area contributed by atoms with Crippen LogP contribution in [0.3, 0.4) is 0 Å². The number of sulfonamides is 1. The van der Waals surface area contributed by atoms with Gasteiger partial charge in [-0.25, -0.2) is 8.42 Å². The van der Waals surface area contributed by atoms with E-state index in [0.29, 0.717) is 26.2 Å². The fourth-order valence-corrected chi connectivity index (χ4v) is 5.65. The van der Waals surface area contributed by atoms with Gasteiger partial charge in [-0.1, -0.05) is 12.8 Å². The summed E-state index contributed by atoms with van der Waals surface area (Å²) in [7, 11) is -1.47. The second-order valence-electron chi connectivity index (χ2n) is 8.68. The van der Waals surface area contributed by atoms with Crippen LogP contribution in [-0.4, -0.2) is 95.0 Å². The normalized spacial score (nSPS) is 20.8. The third-order valence-electron chi connectivity index (χ3n) is 6.20. The van der Waals surface area contributed by atoms with Crippen LogP contribution in [0.4, 0.5) is 0 Å². The summed E-state index contributed by atoms with van der Waals surface area (Å²) in [5.41, 5.74) is 0.284. The first-order chi connectivity index (χ1) is 14.3. The molecule has 9 heteroatoms. The largest absolute Gasteiger partial charge is 0.382 e. The first kappa shape index (κ1) is 25.4. The minimum absolute atomic E-state index is 0.0422. The zero-order valence-electron chi connectivity index (χ0n) is 19.4. The predicted octanol–water partition coefficient (Wildman–Crippen LogP) is 1.92. The van der Waals surface area contributed by atoms with Crippen LogP contribution in [0.15, 0.2) is 4.99 Å². The van der Waals surface area contributed by atoms with Gasteiger partial charge < -0.3 is 19.7 Å². The number of rotatable bonds is 11. The third-order valence-corrected chi connectivity index (χ3v) is 8.04. The van der Waals surface area contributed by atoms with Gasteiger partial charge in [-0.05, 0) is 45.4 Å². The molecule has 0 amide bonds. The SMILES string of the molecule is CCOCCC1(CNC(=NC)N2CCN(S(=O)(=O)CCOC(C)C)CC2)CCCC1. The van der Waals surface area contributed by atoms with Crippen molar-refractivity contribution in [3.05, 3.63) is 0 Å². The van der Waals surface area contributed by atoms with E-state index in [-0.39, 0.29) is 23.9 Å². The Bertz CT molecular complexity index is 625. The molecule has 8 nitrogen and oxygen atoms in total. The number of nitrogens with one attached hydrogen (secondary N) is 1. The maximum Gasteiger partial charge on any atom is 0.216 e. The first-order valence-electron chi connectivity index (χ1n) is 11.4. The average Bonchev–Trinajstić information content (AvgIpc) is 3.17. The molecule has 1 saturated heterocycles. The summed E-state index contributed by atoms with van der Waals surface area (Å²) in [6.07, 6.45) is 6.15. The summed E-state index contributed by atoms with van der Waals surface area (Å²) >= 11 is 0. The Morgan fingerprint density at radius 3 is 2.37 bits per heavy atom.